The van der Waals surface area contributed by atoms with Crippen molar-refractivity contribution < 1.29 is 28.8 Å². The molecule has 0 saturated heterocycles. The first-order valence-corrected chi connectivity index (χ1v) is 19.4. The number of likely N-dealkylation sites (N-methyl/N-ethyl adjacent to an activating group) is 1. The molecule has 344 valence electrons. The molecule has 6 rings (SSSR count). The Morgan fingerprint density at radius 3 is 1.20 bits per heavy atom. The maximum Gasteiger partial charge on any atom is 0.280 e. The van der Waals surface area contributed by atoms with Crippen LogP contribution in [0.2, 0.25) is 0 Å². The van der Waals surface area contributed by atoms with E-state index in [2.05, 4.69) is 60.8 Å². The van der Waals surface area contributed by atoms with Gasteiger partial charge in [-0.15, -0.1) is 0 Å². The second-order valence-corrected chi connectivity index (χ2v) is 14.2. The third kappa shape index (κ3) is 11.2. The van der Waals surface area contributed by atoms with E-state index in [9.17, 15) is 43.2 Å². The molecule has 0 atom stereocenters. The van der Waals surface area contributed by atoms with Gasteiger partial charge in [0.1, 0.15) is 19.6 Å². The third-order valence-electron chi connectivity index (χ3n) is 9.51. The number of aromatic nitrogens is 12. The molecular weight excluding hydrogens is 861 g/mol. The lowest BCUT2D eigenvalue weighted by Crippen LogP contribution is -2.49. The Morgan fingerprint density at radius 1 is 0.554 bits per heavy atom. The highest BCUT2D eigenvalue weighted by Crippen LogP contribution is 2.10. The zero-order valence-electron chi connectivity index (χ0n) is 34.6. The predicted octanol–water partition coefficient (Wildman–Crippen LogP) is -7.44. The summed E-state index contributed by atoms with van der Waals surface area (Å²) in [5.41, 5.74) is 20.4. The minimum atomic E-state index is -0.856. The molecule has 0 saturated carbocycles. The number of anilines is 3. The molecule has 0 spiro atoms. The molecule has 0 aliphatic rings. The van der Waals surface area contributed by atoms with E-state index in [0.717, 1.165) is 9.80 Å². The quantitative estimate of drug-likeness (QED) is 0.0321. The number of H-pyrrole nitrogens is 3. The fraction of sp³-hybridized carbons (Fsp3) is 0.382. The van der Waals surface area contributed by atoms with Gasteiger partial charge in [0.25, 0.3) is 16.7 Å². The molecule has 6 aromatic rings. The summed E-state index contributed by atoms with van der Waals surface area (Å²) in [6.45, 7) is -3.19. The number of hydrogen-bond donors (Lipinski definition) is 10. The van der Waals surface area contributed by atoms with Crippen LogP contribution in [0.25, 0.3) is 33.5 Å². The molecule has 0 aliphatic carbocycles. The Labute approximate surface area is 363 Å². The summed E-state index contributed by atoms with van der Waals surface area (Å²) in [5, 5.41) is 8.14. The standard InChI is InChI=1S/C34H44N22O9/c1-39-2-5-52(21(61)12-55-15-43-24-27(55)46-33(37)49-30(24)64)9-18(58)41-4-7-53(22(62)13-56-16-44-25-28(56)47-34(38)50-31(25)65)10-19(59)40-3-6-51(8-17(35)57)20(60)11-54-14-42-23-26(54)45-32(36)48-29(23)63/h14-16,39H,2-13H2,1H3,(H2,35,57)(H,40,59)(H,41,58)(H3,36,45,48,63)(H3,37,46,49,64)(H3,38,47,50,65). The lowest BCUT2D eigenvalue weighted by atomic mass is 10.3. The first-order chi connectivity index (χ1) is 31.0. The maximum absolute atomic E-state index is 13.8. The van der Waals surface area contributed by atoms with Crippen molar-refractivity contribution in [1.82, 2.24) is 89.2 Å². The molecule has 14 N–H and O–H groups in total. The molecule has 0 unspecified atom stereocenters. The van der Waals surface area contributed by atoms with Gasteiger partial charge >= 0.3 is 0 Å². The summed E-state index contributed by atoms with van der Waals surface area (Å²) in [4.78, 5) is 150. The van der Waals surface area contributed by atoms with Crippen LogP contribution in [0.4, 0.5) is 17.8 Å². The number of amides is 6. The smallest absolute Gasteiger partial charge is 0.280 e. The van der Waals surface area contributed by atoms with Crippen molar-refractivity contribution in [3.05, 3.63) is 50.0 Å². The number of primary amides is 1. The number of rotatable bonds is 21. The van der Waals surface area contributed by atoms with Gasteiger partial charge in [0, 0.05) is 39.3 Å². The summed E-state index contributed by atoms with van der Waals surface area (Å²) in [6.07, 6.45) is 3.64. The maximum atomic E-state index is 13.8. The molecule has 0 aromatic carbocycles. The van der Waals surface area contributed by atoms with E-state index >= 15 is 0 Å². The second-order valence-electron chi connectivity index (χ2n) is 14.2. The van der Waals surface area contributed by atoms with Crippen molar-refractivity contribution in [1.29, 1.82) is 0 Å². The average molecular weight is 905 g/mol. The lowest BCUT2D eigenvalue weighted by molar-refractivity contribution is -0.137. The Morgan fingerprint density at radius 2 is 0.877 bits per heavy atom. The molecule has 6 heterocycles. The van der Waals surface area contributed by atoms with Crippen LogP contribution in [-0.2, 0) is 48.4 Å². The molecule has 0 fully saturated rings. The Hall–Kier alpha value is -8.77. The van der Waals surface area contributed by atoms with Gasteiger partial charge < -0.3 is 67.3 Å². The topological polar surface area (TPSA) is 443 Å². The Kier molecular flexibility index (Phi) is 14.0. The zero-order chi connectivity index (χ0) is 46.9. The van der Waals surface area contributed by atoms with Gasteiger partial charge in [-0.1, -0.05) is 0 Å². The van der Waals surface area contributed by atoms with Gasteiger partial charge in [0.15, 0.2) is 33.5 Å². The average Bonchev–Trinajstić information content (AvgIpc) is 3.96. The van der Waals surface area contributed by atoms with E-state index < -0.39 is 84.8 Å². The number of hydrogen-bond acceptors (Lipinski definition) is 19. The highest BCUT2D eigenvalue weighted by atomic mass is 16.2. The molecule has 65 heavy (non-hydrogen) atoms. The molecular formula is C34H44N22O9. The molecule has 0 bridgehead atoms. The van der Waals surface area contributed by atoms with Crippen molar-refractivity contribution in [3.63, 3.8) is 0 Å². The second kappa shape index (κ2) is 20.0. The summed E-state index contributed by atoms with van der Waals surface area (Å²) in [6, 6.07) is 0. The van der Waals surface area contributed by atoms with Crippen molar-refractivity contribution in [2.24, 2.45) is 5.73 Å². The molecule has 31 heteroatoms. The van der Waals surface area contributed by atoms with Crippen LogP contribution in [0.5, 0.6) is 0 Å². The predicted molar refractivity (Wildman–Crippen MR) is 227 cm³/mol. The number of nitrogen functional groups attached to an aromatic ring is 3. The van der Waals surface area contributed by atoms with Gasteiger partial charge in [-0.3, -0.25) is 58.1 Å². The Balaban J connectivity index is 1.10. The Bertz CT molecular complexity index is 2960. The van der Waals surface area contributed by atoms with Crippen molar-refractivity contribution in [2.45, 2.75) is 19.6 Å². The summed E-state index contributed by atoms with van der Waals surface area (Å²) in [7, 11) is 1.66. The minimum absolute atomic E-state index is 0.00711. The fourth-order valence-electron chi connectivity index (χ4n) is 6.43. The van der Waals surface area contributed by atoms with Crippen LogP contribution in [0.15, 0.2) is 33.4 Å². The highest BCUT2D eigenvalue weighted by molar-refractivity contribution is 5.88. The van der Waals surface area contributed by atoms with Gasteiger partial charge in [-0.05, 0) is 7.05 Å². The summed E-state index contributed by atoms with van der Waals surface area (Å²) >= 11 is 0. The number of imidazole rings is 3. The van der Waals surface area contributed by atoms with Gasteiger partial charge in [0.05, 0.1) is 38.6 Å². The van der Waals surface area contributed by atoms with Crippen LogP contribution >= 0.6 is 0 Å². The van der Waals surface area contributed by atoms with Crippen LogP contribution in [0.1, 0.15) is 0 Å². The van der Waals surface area contributed by atoms with Crippen LogP contribution in [-0.4, -0.2) is 175 Å². The number of carbonyl (C=O) groups excluding carboxylic acids is 6. The minimum Gasteiger partial charge on any atom is -0.369 e. The normalized spacial score (nSPS) is 11.2. The summed E-state index contributed by atoms with van der Waals surface area (Å²) in [5.74, 6) is -4.64. The molecule has 0 aliphatic heterocycles. The van der Waals surface area contributed by atoms with Crippen LogP contribution < -0.4 is 55.6 Å². The number of fused-ring (bicyclic) bond motifs is 3. The first-order valence-electron chi connectivity index (χ1n) is 19.4. The van der Waals surface area contributed by atoms with E-state index in [-0.39, 0.29) is 90.6 Å². The van der Waals surface area contributed by atoms with Crippen LogP contribution in [0.3, 0.4) is 0 Å². The monoisotopic (exact) mass is 904 g/mol. The van der Waals surface area contributed by atoms with E-state index in [1.165, 1.54) is 37.6 Å². The largest absolute Gasteiger partial charge is 0.369 e. The number of carbonyl (C=O) groups is 6. The van der Waals surface area contributed by atoms with Crippen LogP contribution in [0, 0.1) is 0 Å². The molecule has 6 aromatic heterocycles. The number of aromatic amines is 3. The van der Waals surface area contributed by atoms with Gasteiger partial charge in [0.2, 0.25) is 53.3 Å². The zero-order valence-corrected chi connectivity index (χ0v) is 34.6. The van der Waals surface area contributed by atoms with Gasteiger partial charge in [-0.2, -0.15) is 15.0 Å². The van der Waals surface area contributed by atoms with Gasteiger partial charge in [-0.25, -0.2) is 15.0 Å². The fourth-order valence-corrected chi connectivity index (χ4v) is 6.43. The van der Waals surface area contributed by atoms with E-state index in [0.29, 0.717) is 6.54 Å². The summed E-state index contributed by atoms with van der Waals surface area (Å²) < 4.78 is 3.82. The SMILES string of the molecule is CNCCN(CC(=O)NCCN(CC(=O)NCCN(CC(N)=O)C(=O)Cn1cnc2c(=O)[nH]c(N)nc21)C(=O)Cn1cnc2c(=O)[nH]c(N)nc21)C(=O)Cn1cnc2c(=O)[nH]c(N)nc21. The number of nitrogens with two attached hydrogens (primary N) is 4. The molecule has 31 nitrogen and oxygen atoms in total. The lowest BCUT2D eigenvalue weighted by Gasteiger charge is -2.25. The van der Waals surface area contributed by atoms with E-state index in [4.69, 9.17) is 22.9 Å². The number of nitrogens with one attached hydrogen (secondary N) is 6. The van der Waals surface area contributed by atoms with E-state index in [1.54, 1.807) is 7.05 Å². The molecule has 0 radical (unpaired) electrons. The van der Waals surface area contributed by atoms with Crippen molar-refractivity contribution in [2.75, 3.05) is 83.2 Å². The van der Waals surface area contributed by atoms with Crippen molar-refractivity contribution >= 4 is 86.8 Å². The third-order valence-corrected chi connectivity index (χ3v) is 9.51. The first kappa shape index (κ1) is 45.7. The molecule has 6 amide bonds. The highest BCUT2D eigenvalue weighted by Gasteiger charge is 2.24. The van der Waals surface area contributed by atoms with E-state index in [1.807, 2.05) is 0 Å². The number of nitrogens with zero attached hydrogens (tertiary/aromatic N) is 12. The van der Waals surface area contributed by atoms with Crippen molar-refractivity contribution in [3.8, 4) is 0 Å².